The minimum atomic E-state index is -4.21. The van der Waals surface area contributed by atoms with Gasteiger partial charge in [0.25, 0.3) is 0 Å². The van der Waals surface area contributed by atoms with Gasteiger partial charge in [-0.25, -0.2) is 4.39 Å². The maximum Gasteiger partial charge on any atom is 0.391 e. The Balaban J connectivity index is 2.12. The summed E-state index contributed by atoms with van der Waals surface area (Å²) in [5, 5.41) is 12.3. The van der Waals surface area contributed by atoms with E-state index in [1.165, 1.54) is 12.1 Å². The molecule has 2 rings (SSSR count). The Labute approximate surface area is 120 Å². The predicted molar refractivity (Wildman–Crippen MR) is 71.1 cm³/mol. The topological polar surface area (TPSA) is 35.8 Å². The first kappa shape index (κ1) is 15.6. The normalized spacial score (nSPS) is 26.2. The molecule has 1 aliphatic carbocycles. The van der Waals surface area contributed by atoms with Gasteiger partial charge in [0.05, 0.1) is 12.0 Å². The molecule has 114 valence electrons. The zero-order chi connectivity index (χ0) is 15.7. The predicted octanol–water partition coefficient (Wildman–Crippen LogP) is 4.56. The highest BCUT2D eigenvalue weighted by atomic mass is 19.4. The fourth-order valence-electron chi connectivity index (χ4n) is 2.79. The van der Waals surface area contributed by atoms with Gasteiger partial charge in [-0.1, -0.05) is 0 Å². The van der Waals surface area contributed by atoms with Crippen molar-refractivity contribution < 1.29 is 17.6 Å². The summed E-state index contributed by atoms with van der Waals surface area (Å²) in [6, 6.07) is 6.36. The van der Waals surface area contributed by atoms with Crippen LogP contribution in [0.4, 0.5) is 23.2 Å². The van der Waals surface area contributed by atoms with Crippen LogP contribution in [0.2, 0.25) is 0 Å². The molecule has 21 heavy (non-hydrogen) atoms. The van der Waals surface area contributed by atoms with Crippen LogP contribution in [0.25, 0.3) is 0 Å². The van der Waals surface area contributed by atoms with Gasteiger partial charge < -0.3 is 5.32 Å². The number of nitriles is 1. The first-order chi connectivity index (χ1) is 9.74. The Morgan fingerprint density at radius 2 is 1.86 bits per heavy atom. The molecule has 0 amide bonds. The van der Waals surface area contributed by atoms with Gasteiger partial charge in [0.1, 0.15) is 11.4 Å². The smallest absolute Gasteiger partial charge is 0.367 e. The van der Waals surface area contributed by atoms with Crippen LogP contribution in [0.1, 0.15) is 31.2 Å². The SMILES string of the molecule is Cc1cc(F)cc(NC2(C#N)CCC(C(F)(F)F)CC2)c1. The van der Waals surface area contributed by atoms with E-state index >= 15 is 0 Å². The van der Waals surface area contributed by atoms with Crippen LogP contribution >= 0.6 is 0 Å². The maximum absolute atomic E-state index is 13.4. The fraction of sp³-hybridized carbons (Fsp3) is 0.533. The third kappa shape index (κ3) is 3.66. The van der Waals surface area contributed by atoms with Crippen molar-refractivity contribution in [1.29, 1.82) is 5.26 Å². The Morgan fingerprint density at radius 3 is 2.33 bits per heavy atom. The average molecular weight is 300 g/mol. The van der Waals surface area contributed by atoms with E-state index in [0.717, 1.165) is 0 Å². The molecule has 1 fully saturated rings. The number of nitrogens with zero attached hydrogens (tertiary/aromatic N) is 1. The number of hydrogen-bond donors (Lipinski definition) is 1. The molecule has 0 heterocycles. The molecule has 0 bridgehead atoms. The highest BCUT2D eigenvalue weighted by Gasteiger charge is 2.46. The average Bonchev–Trinajstić information content (AvgIpc) is 2.37. The number of nitrogens with one attached hydrogen (secondary N) is 1. The lowest BCUT2D eigenvalue weighted by atomic mass is 9.77. The summed E-state index contributed by atoms with van der Waals surface area (Å²) in [5.41, 5.74) is 0.0659. The number of rotatable bonds is 2. The number of aryl methyl sites for hydroxylation is 1. The second-order valence-electron chi connectivity index (χ2n) is 5.65. The van der Waals surface area contributed by atoms with E-state index in [1.54, 1.807) is 13.0 Å². The molecular formula is C15H16F4N2. The maximum atomic E-state index is 13.4. The molecule has 1 aromatic carbocycles. The third-order valence-electron chi connectivity index (χ3n) is 3.94. The van der Waals surface area contributed by atoms with Gasteiger partial charge in [-0.15, -0.1) is 0 Å². The molecule has 0 saturated heterocycles. The highest BCUT2D eigenvalue weighted by molar-refractivity contribution is 5.50. The van der Waals surface area contributed by atoms with Crippen LogP contribution in [0.15, 0.2) is 18.2 Å². The fourth-order valence-corrected chi connectivity index (χ4v) is 2.79. The summed E-state index contributed by atoms with van der Waals surface area (Å²) in [5.74, 6) is -1.79. The van der Waals surface area contributed by atoms with Crippen LogP contribution in [-0.2, 0) is 0 Å². The van der Waals surface area contributed by atoms with Gasteiger partial charge in [-0.3, -0.25) is 0 Å². The first-order valence-corrected chi connectivity index (χ1v) is 6.77. The van der Waals surface area contributed by atoms with Gasteiger partial charge in [-0.2, -0.15) is 18.4 Å². The van der Waals surface area contributed by atoms with Crippen molar-refractivity contribution in [3.63, 3.8) is 0 Å². The van der Waals surface area contributed by atoms with Crippen molar-refractivity contribution >= 4 is 5.69 Å². The number of alkyl halides is 3. The van der Waals surface area contributed by atoms with E-state index in [4.69, 9.17) is 0 Å². The van der Waals surface area contributed by atoms with Crippen molar-refractivity contribution in [2.24, 2.45) is 5.92 Å². The van der Waals surface area contributed by atoms with Crippen LogP contribution in [0, 0.1) is 30.0 Å². The quantitative estimate of drug-likeness (QED) is 0.813. The summed E-state index contributed by atoms with van der Waals surface area (Å²) in [7, 11) is 0. The van der Waals surface area contributed by atoms with E-state index in [2.05, 4.69) is 11.4 Å². The lowest BCUT2D eigenvalue weighted by Crippen LogP contribution is -2.43. The van der Waals surface area contributed by atoms with Gasteiger partial charge in [0.2, 0.25) is 0 Å². The monoisotopic (exact) mass is 300 g/mol. The van der Waals surface area contributed by atoms with Crippen molar-refractivity contribution in [3.8, 4) is 6.07 Å². The zero-order valence-corrected chi connectivity index (χ0v) is 11.6. The number of benzene rings is 1. The van der Waals surface area contributed by atoms with Crippen LogP contribution in [-0.4, -0.2) is 11.7 Å². The van der Waals surface area contributed by atoms with Crippen molar-refractivity contribution in [1.82, 2.24) is 0 Å². The van der Waals surface area contributed by atoms with Gasteiger partial charge in [0.15, 0.2) is 0 Å². The summed E-state index contributed by atoms with van der Waals surface area (Å²) in [6.45, 7) is 1.72. The van der Waals surface area contributed by atoms with E-state index < -0.39 is 23.5 Å². The lowest BCUT2D eigenvalue weighted by molar-refractivity contribution is -0.183. The number of halogens is 4. The molecule has 0 aliphatic heterocycles. The molecule has 0 spiro atoms. The molecule has 0 radical (unpaired) electrons. The molecular weight excluding hydrogens is 284 g/mol. The minimum absolute atomic E-state index is 0.0850. The lowest BCUT2D eigenvalue weighted by Gasteiger charge is -2.37. The minimum Gasteiger partial charge on any atom is -0.367 e. The van der Waals surface area contributed by atoms with E-state index in [0.29, 0.717) is 11.3 Å². The number of anilines is 1. The first-order valence-electron chi connectivity index (χ1n) is 6.77. The Bertz CT molecular complexity index is 532. The summed E-state index contributed by atoms with van der Waals surface area (Å²) in [4.78, 5) is 0. The molecule has 2 nitrogen and oxygen atoms in total. The molecule has 1 saturated carbocycles. The standard InChI is InChI=1S/C15H16F4N2/c1-10-6-12(16)8-13(7-10)21-14(9-20)4-2-11(3-5-14)15(17,18)19/h6-8,11,21H,2-5H2,1H3. The van der Waals surface area contributed by atoms with Gasteiger partial charge in [0, 0.05) is 5.69 Å². The Morgan fingerprint density at radius 1 is 1.24 bits per heavy atom. The Kier molecular flexibility index (Phi) is 4.13. The molecule has 1 aliphatic rings. The van der Waals surface area contributed by atoms with Crippen LogP contribution in [0.3, 0.4) is 0 Å². The zero-order valence-electron chi connectivity index (χ0n) is 11.6. The summed E-state index contributed by atoms with van der Waals surface area (Å²) in [6.07, 6.45) is -4.18. The van der Waals surface area contributed by atoms with Crippen molar-refractivity contribution in [2.75, 3.05) is 5.32 Å². The molecule has 0 unspecified atom stereocenters. The largest absolute Gasteiger partial charge is 0.391 e. The van der Waals surface area contributed by atoms with E-state index in [1.807, 2.05) is 0 Å². The van der Waals surface area contributed by atoms with Crippen LogP contribution < -0.4 is 5.32 Å². The van der Waals surface area contributed by atoms with Gasteiger partial charge in [-0.05, 0) is 56.4 Å². The molecule has 1 N–H and O–H groups in total. The second kappa shape index (κ2) is 5.55. The van der Waals surface area contributed by atoms with E-state index in [-0.39, 0.29) is 25.7 Å². The highest BCUT2D eigenvalue weighted by Crippen LogP contribution is 2.42. The number of hydrogen-bond acceptors (Lipinski definition) is 2. The Hall–Kier alpha value is -1.77. The van der Waals surface area contributed by atoms with Gasteiger partial charge >= 0.3 is 6.18 Å². The van der Waals surface area contributed by atoms with Crippen molar-refractivity contribution in [2.45, 2.75) is 44.3 Å². The summed E-state index contributed by atoms with van der Waals surface area (Å²) >= 11 is 0. The third-order valence-corrected chi connectivity index (χ3v) is 3.94. The van der Waals surface area contributed by atoms with Crippen LogP contribution in [0.5, 0.6) is 0 Å². The molecule has 6 heteroatoms. The summed E-state index contributed by atoms with van der Waals surface area (Å²) < 4.78 is 51.4. The molecule has 1 aromatic rings. The second-order valence-corrected chi connectivity index (χ2v) is 5.65. The molecule has 0 atom stereocenters. The van der Waals surface area contributed by atoms with E-state index in [9.17, 15) is 22.8 Å². The molecule has 0 aromatic heterocycles. The van der Waals surface area contributed by atoms with Crippen molar-refractivity contribution in [3.05, 3.63) is 29.6 Å².